The number of rotatable bonds is 6. The minimum Gasteiger partial charge on any atom is -0.382 e. The van der Waals surface area contributed by atoms with Crippen molar-refractivity contribution in [2.45, 2.75) is 19.3 Å². The van der Waals surface area contributed by atoms with Gasteiger partial charge in [-0.15, -0.1) is 0 Å². The van der Waals surface area contributed by atoms with Gasteiger partial charge in [0.25, 0.3) is 0 Å². The van der Waals surface area contributed by atoms with E-state index in [1.54, 1.807) is 19.6 Å². The highest BCUT2D eigenvalue weighted by Gasteiger charge is 2.45. The Morgan fingerprint density at radius 3 is 3.21 bits per heavy atom. The van der Waals surface area contributed by atoms with Crippen molar-refractivity contribution in [3.63, 3.8) is 0 Å². The lowest BCUT2D eigenvalue weighted by atomic mass is 9.82. The van der Waals surface area contributed by atoms with Crippen LogP contribution in [0.1, 0.15) is 19.3 Å². The molecule has 0 aromatic carbocycles. The molecule has 2 atom stereocenters. The van der Waals surface area contributed by atoms with Gasteiger partial charge in [0, 0.05) is 38.0 Å². The highest BCUT2D eigenvalue weighted by Crippen LogP contribution is 2.47. The topological polar surface area (TPSA) is 60.4 Å². The van der Waals surface area contributed by atoms with Crippen molar-refractivity contribution >= 4 is 16.7 Å². The van der Waals surface area contributed by atoms with Gasteiger partial charge in [-0.3, -0.25) is 4.98 Å². The van der Waals surface area contributed by atoms with Crippen LogP contribution in [-0.2, 0) is 9.47 Å². The summed E-state index contributed by atoms with van der Waals surface area (Å²) in [5, 5.41) is 1.04. The molecule has 6 heteroatoms. The first-order valence-corrected chi connectivity index (χ1v) is 8.66. The normalized spacial score (nSPS) is 26.2. The van der Waals surface area contributed by atoms with Crippen LogP contribution in [0.5, 0.6) is 0 Å². The van der Waals surface area contributed by atoms with E-state index < -0.39 is 0 Å². The molecule has 6 nitrogen and oxygen atoms in total. The Kier molecular flexibility index (Phi) is 4.33. The molecule has 3 heterocycles. The Labute approximate surface area is 142 Å². The number of pyridine rings is 1. The van der Waals surface area contributed by atoms with Crippen molar-refractivity contribution in [1.82, 2.24) is 15.0 Å². The molecule has 0 N–H and O–H groups in total. The zero-order valence-corrected chi connectivity index (χ0v) is 14.1. The van der Waals surface area contributed by atoms with E-state index in [4.69, 9.17) is 9.47 Å². The van der Waals surface area contributed by atoms with Crippen molar-refractivity contribution in [1.29, 1.82) is 0 Å². The van der Waals surface area contributed by atoms with E-state index in [-0.39, 0.29) is 5.41 Å². The molecule has 1 aliphatic carbocycles. The number of hydrogen-bond acceptors (Lipinski definition) is 6. The Hall–Kier alpha value is -1.79. The van der Waals surface area contributed by atoms with E-state index in [1.165, 1.54) is 19.3 Å². The van der Waals surface area contributed by atoms with Crippen LogP contribution in [0.15, 0.2) is 24.8 Å². The zero-order chi connectivity index (χ0) is 16.4. The van der Waals surface area contributed by atoms with Crippen molar-refractivity contribution in [2.75, 3.05) is 44.9 Å². The number of hydrogen-bond donors (Lipinski definition) is 0. The standard InChI is InChI=1S/C18H24N4O2/c1-23-6-7-24-12-18-4-2-14(8-18)10-22(11-18)17-15-9-19-5-3-16(15)20-13-21-17/h3,5,9,13-14H,2,4,6-8,10-12H2,1H3. The lowest BCUT2D eigenvalue weighted by Crippen LogP contribution is -2.45. The van der Waals surface area contributed by atoms with E-state index in [0.717, 1.165) is 42.3 Å². The molecule has 1 saturated carbocycles. The van der Waals surface area contributed by atoms with Crippen molar-refractivity contribution in [3.8, 4) is 0 Å². The summed E-state index contributed by atoms with van der Waals surface area (Å²) in [7, 11) is 1.71. The van der Waals surface area contributed by atoms with Crippen LogP contribution in [0.25, 0.3) is 10.9 Å². The molecule has 2 fully saturated rings. The third-order valence-corrected chi connectivity index (χ3v) is 5.36. The van der Waals surface area contributed by atoms with Crippen LogP contribution in [0.3, 0.4) is 0 Å². The van der Waals surface area contributed by atoms with Gasteiger partial charge >= 0.3 is 0 Å². The maximum Gasteiger partial charge on any atom is 0.141 e. The van der Waals surface area contributed by atoms with Crippen LogP contribution in [-0.4, -0.2) is 55.0 Å². The monoisotopic (exact) mass is 328 g/mol. The number of ether oxygens (including phenoxy) is 2. The quantitative estimate of drug-likeness (QED) is 0.758. The van der Waals surface area contributed by atoms with Gasteiger partial charge in [-0.05, 0) is 31.2 Å². The predicted molar refractivity (Wildman–Crippen MR) is 92.0 cm³/mol. The van der Waals surface area contributed by atoms with E-state index in [9.17, 15) is 0 Å². The van der Waals surface area contributed by atoms with Gasteiger partial charge in [0.1, 0.15) is 12.1 Å². The first-order chi connectivity index (χ1) is 11.8. The second-order valence-electron chi connectivity index (χ2n) is 7.12. The Balaban J connectivity index is 1.56. The molecule has 24 heavy (non-hydrogen) atoms. The number of methoxy groups -OCH3 is 1. The summed E-state index contributed by atoms with van der Waals surface area (Å²) in [4.78, 5) is 15.6. The second kappa shape index (κ2) is 6.61. The van der Waals surface area contributed by atoms with Crippen molar-refractivity contribution in [3.05, 3.63) is 24.8 Å². The summed E-state index contributed by atoms with van der Waals surface area (Å²) in [5.74, 6) is 1.74. The molecule has 0 amide bonds. The highest BCUT2D eigenvalue weighted by atomic mass is 16.5. The first-order valence-electron chi connectivity index (χ1n) is 8.66. The lowest BCUT2D eigenvalue weighted by molar-refractivity contribution is 0.0147. The Morgan fingerprint density at radius 2 is 2.29 bits per heavy atom. The van der Waals surface area contributed by atoms with Gasteiger partial charge in [-0.1, -0.05) is 0 Å². The highest BCUT2D eigenvalue weighted by molar-refractivity contribution is 5.88. The average Bonchev–Trinajstić information content (AvgIpc) is 2.93. The fourth-order valence-electron chi connectivity index (χ4n) is 4.32. The summed E-state index contributed by atoms with van der Waals surface area (Å²) in [6.45, 7) is 4.21. The molecule has 1 saturated heterocycles. The largest absolute Gasteiger partial charge is 0.382 e. The maximum absolute atomic E-state index is 5.91. The van der Waals surface area contributed by atoms with E-state index in [2.05, 4.69) is 19.9 Å². The number of fused-ring (bicyclic) bond motifs is 3. The number of piperidine rings is 1. The van der Waals surface area contributed by atoms with E-state index in [1.807, 2.05) is 12.3 Å². The molecular weight excluding hydrogens is 304 g/mol. The summed E-state index contributed by atoms with van der Waals surface area (Å²) >= 11 is 0. The second-order valence-corrected chi connectivity index (χ2v) is 7.12. The number of nitrogens with zero attached hydrogens (tertiary/aromatic N) is 4. The first kappa shape index (κ1) is 15.7. The predicted octanol–water partition coefficient (Wildman–Crippen LogP) is 2.29. The van der Waals surface area contributed by atoms with Gasteiger partial charge in [0.2, 0.25) is 0 Å². The average molecular weight is 328 g/mol. The van der Waals surface area contributed by atoms with Gasteiger partial charge in [0.15, 0.2) is 0 Å². The van der Waals surface area contributed by atoms with E-state index >= 15 is 0 Å². The molecule has 0 spiro atoms. The van der Waals surface area contributed by atoms with Gasteiger partial charge in [0.05, 0.1) is 30.7 Å². The SMILES string of the molecule is COCCOCC12CCC(CN(c3ncnc4ccncc34)C1)C2. The van der Waals surface area contributed by atoms with Crippen molar-refractivity contribution < 1.29 is 9.47 Å². The number of anilines is 1. The van der Waals surface area contributed by atoms with E-state index in [0.29, 0.717) is 13.2 Å². The molecule has 2 bridgehead atoms. The van der Waals surface area contributed by atoms with Crippen LogP contribution in [0.2, 0.25) is 0 Å². The molecule has 4 rings (SSSR count). The third-order valence-electron chi connectivity index (χ3n) is 5.36. The minimum atomic E-state index is 0.246. The maximum atomic E-state index is 5.91. The summed E-state index contributed by atoms with van der Waals surface area (Å²) in [6, 6.07) is 1.95. The van der Waals surface area contributed by atoms with Crippen LogP contribution < -0.4 is 4.90 Å². The van der Waals surface area contributed by atoms with Gasteiger partial charge < -0.3 is 14.4 Å². The third kappa shape index (κ3) is 2.96. The minimum absolute atomic E-state index is 0.246. The summed E-state index contributed by atoms with van der Waals surface area (Å²) < 4.78 is 11.0. The zero-order valence-electron chi connectivity index (χ0n) is 14.1. The molecule has 0 radical (unpaired) electrons. The molecule has 1 aliphatic heterocycles. The Bertz CT molecular complexity index is 705. The van der Waals surface area contributed by atoms with Crippen LogP contribution in [0.4, 0.5) is 5.82 Å². The molecular formula is C18H24N4O2. The molecule has 2 aliphatic rings. The molecule has 2 unspecified atom stereocenters. The molecule has 2 aromatic rings. The van der Waals surface area contributed by atoms with Gasteiger partial charge in [-0.2, -0.15) is 0 Å². The fourth-order valence-corrected chi connectivity index (χ4v) is 4.32. The van der Waals surface area contributed by atoms with Crippen LogP contribution in [0, 0.1) is 11.3 Å². The molecule has 128 valence electrons. The molecule has 2 aromatic heterocycles. The Morgan fingerprint density at radius 1 is 1.33 bits per heavy atom. The summed E-state index contributed by atoms with van der Waals surface area (Å²) in [5.41, 5.74) is 1.20. The number of aromatic nitrogens is 3. The fraction of sp³-hybridized carbons (Fsp3) is 0.611. The smallest absolute Gasteiger partial charge is 0.141 e. The lowest BCUT2D eigenvalue weighted by Gasteiger charge is -2.41. The summed E-state index contributed by atoms with van der Waals surface area (Å²) in [6.07, 6.45) is 9.11. The van der Waals surface area contributed by atoms with Crippen molar-refractivity contribution in [2.24, 2.45) is 11.3 Å². The van der Waals surface area contributed by atoms with Gasteiger partial charge in [-0.25, -0.2) is 9.97 Å². The van der Waals surface area contributed by atoms with Crippen LogP contribution >= 0.6 is 0 Å².